The zero-order valence-corrected chi connectivity index (χ0v) is 8.94. The fourth-order valence-corrected chi connectivity index (χ4v) is 1.37. The van der Waals surface area contributed by atoms with Crippen molar-refractivity contribution in [3.8, 4) is 11.5 Å². The van der Waals surface area contributed by atoms with Crippen LogP contribution in [-0.2, 0) is 0 Å². The van der Waals surface area contributed by atoms with E-state index in [9.17, 15) is 0 Å². The second kappa shape index (κ2) is 3.81. The molecular formula is C9H11BrO2. The van der Waals surface area contributed by atoms with Crippen molar-refractivity contribution in [2.75, 3.05) is 14.2 Å². The number of benzene rings is 1. The van der Waals surface area contributed by atoms with Gasteiger partial charge in [-0.25, -0.2) is 0 Å². The van der Waals surface area contributed by atoms with E-state index >= 15 is 0 Å². The maximum atomic E-state index is 5.19. The average molecular weight is 231 g/mol. The van der Waals surface area contributed by atoms with Crippen LogP contribution < -0.4 is 9.47 Å². The van der Waals surface area contributed by atoms with E-state index in [0.29, 0.717) is 0 Å². The summed E-state index contributed by atoms with van der Waals surface area (Å²) < 4.78 is 11.3. The Morgan fingerprint density at radius 2 is 1.83 bits per heavy atom. The number of ether oxygens (including phenoxy) is 2. The first-order valence-corrected chi connectivity index (χ1v) is 4.37. The zero-order valence-electron chi connectivity index (χ0n) is 7.35. The molecule has 0 radical (unpaired) electrons. The molecule has 0 amide bonds. The molecule has 3 heteroatoms. The molecule has 0 aliphatic rings. The number of rotatable bonds is 2. The van der Waals surface area contributed by atoms with E-state index in [0.717, 1.165) is 21.5 Å². The van der Waals surface area contributed by atoms with Gasteiger partial charge in [-0.2, -0.15) is 0 Å². The summed E-state index contributed by atoms with van der Waals surface area (Å²) in [5.74, 6) is 1.55. The van der Waals surface area contributed by atoms with Gasteiger partial charge < -0.3 is 9.47 Å². The van der Waals surface area contributed by atoms with E-state index in [-0.39, 0.29) is 0 Å². The highest BCUT2D eigenvalue weighted by Crippen LogP contribution is 2.34. The van der Waals surface area contributed by atoms with Crippen LogP contribution in [0.3, 0.4) is 0 Å². The molecule has 0 saturated carbocycles. The lowest BCUT2D eigenvalue weighted by molar-refractivity contribution is 0.352. The fourth-order valence-electron chi connectivity index (χ4n) is 1.06. The normalized spacial score (nSPS) is 9.67. The van der Waals surface area contributed by atoms with Crippen LogP contribution in [0.2, 0.25) is 0 Å². The number of hydrogen-bond donors (Lipinski definition) is 0. The van der Waals surface area contributed by atoms with Crippen LogP contribution in [-0.4, -0.2) is 14.2 Å². The fraction of sp³-hybridized carbons (Fsp3) is 0.333. The molecule has 0 heterocycles. The molecule has 0 spiro atoms. The molecule has 1 aromatic rings. The van der Waals surface area contributed by atoms with Crippen molar-refractivity contribution in [3.63, 3.8) is 0 Å². The SMILES string of the molecule is COc1ccc(Br)c(C)c1OC. The molecule has 0 aliphatic heterocycles. The van der Waals surface area contributed by atoms with Crippen molar-refractivity contribution in [1.82, 2.24) is 0 Å². The average Bonchev–Trinajstić information content (AvgIpc) is 2.09. The van der Waals surface area contributed by atoms with E-state index in [1.54, 1.807) is 14.2 Å². The molecule has 66 valence electrons. The highest BCUT2D eigenvalue weighted by Gasteiger charge is 2.08. The minimum Gasteiger partial charge on any atom is -0.493 e. The van der Waals surface area contributed by atoms with Gasteiger partial charge in [0.1, 0.15) is 0 Å². The monoisotopic (exact) mass is 230 g/mol. The molecule has 0 fully saturated rings. The Bertz CT molecular complexity index is 284. The van der Waals surface area contributed by atoms with Crippen molar-refractivity contribution in [2.45, 2.75) is 6.92 Å². The molecule has 1 rings (SSSR count). The molecule has 2 nitrogen and oxygen atoms in total. The molecule has 1 aromatic carbocycles. The van der Waals surface area contributed by atoms with Gasteiger partial charge in [0.25, 0.3) is 0 Å². The smallest absolute Gasteiger partial charge is 0.164 e. The summed E-state index contributed by atoms with van der Waals surface area (Å²) in [5.41, 5.74) is 1.05. The van der Waals surface area contributed by atoms with Gasteiger partial charge in [-0.15, -0.1) is 0 Å². The second-order valence-corrected chi connectivity index (χ2v) is 3.26. The summed E-state index contributed by atoms with van der Waals surface area (Å²) in [6, 6.07) is 3.81. The first kappa shape index (κ1) is 9.39. The first-order valence-electron chi connectivity index (χ1n) is 3.57. The molecular weight excluding hydrogens is 220 g/mol. The summed E-state index contributed by atoms with van der Waals surface area (Å²) in [6.45, 7) is 1.98. The van der Waals surface area contributed by atoms with Gasteiger partial charge in [-0.1, -0.05) is 15.9 Å². The molecule has 0 aliphatic carbocycles. The molecule has 0 bridgehead atoms. The van der Waals surface area contributed by atoms with Gasteiger partial charge in [0.05, 0.1) is 14.2 Å². The summed E-state index contributed by atoms with van der Waals surface area (Å²) >= 11 is 3.41. The summed E-state index contributed by atoms with van der Waals surface area (Å²) in [4.78, 5) is 0. The van der Waals surface area contributed by atoms with Crippen LogP contribution in [0.25, 0.3) is 0 Å². The van der Waals surface area contributed by atoms with Gasteiger partial charge in [0, 0.05) is 10.0 Å². The van der Waals surface area contributed by atoms with E-state index in [2.05, 4.69) is 15.9 Å². The lowest BCUT2D eigenvalue weighted by atomic mass is 10.2. The highest BCUT2D eigenvalue weighted by atomic mass is 79.9. The van der Waals surface area contributed by atoms with E-state index in [1.165, 1.54) is 0 Å². The summed E-state index contributed by atoms with van der Waals surface area (Å²) in [5, 5.41) is 0. The van der Waals surface area contributed by atoms with Crippen LogP contribution in [0.15, 0.2) is 16.6 Å². The van der Waals surface area contributed by atoms with Crippen molar-refractivity contribution < 1.29 is 9.47 Å². The summed E-state index contributed by atoms with van der Waals surface area (Å²) in [7, 11) is 3.27. The number of halogens is 1. The van der Waals surface area contributed by atoms with E-state index in [4.69, 9.17) is 9.47 Å². The van der Waals surface area contributed by atoms with Crippen molar-refractivity contribution in [3.05, 3.63) is 22.2 Å². The lowest BCUT2D eigenvalue weighted by Crippen LogP contribution is -1.93. The van der Waals surface area contributed by atoms with Crippen LogP contribution in [0.1, 0.15) is 5.56 Å². The van der Waals surface area contributed by atoms with Gasteiger partial charge in [-0.3, -0.25) is 0 Å². The largest absolute Gasteiger partial charge is 0.493 e. The predicted octanol–water partition coefficient (Wildman–Crippen LogP) is 2.77. The van der Waals surface area contributed by atoms with Gasteiger partial charge in [-0.05, 0) is 19.1 Å². The van der Waals surface area contributed by atoms with Gasteiger partial charge in [0.2, 0.25) is 0 Å². The maximum absolute atomic E-state index is 5.19. The number of methoxy groups -OCH3 is 2. The summed E-state index contributed by atoms with van der Waals surface area (Å²) in [6.07, 6.45) is 0. The van der Waals surface area contributed by atoms with Crippen LogP contribution in [0.5, 0.6) is 11.5 Å². The third kappa shape index (κ3) is 1.55. The molecule has 0 unspecified atom stereocenters. The molecule has 12 heavy (non-hydrogen) atoms. The minimum absolute atomic E-state index is 0.762. The predicted molar refractivity (Wildman–Crippen MR) is 52.0 cm³/mol. The van der Waals surface area contributed by atoms with Gasteiger partial charge in [0.15, 0.2) is 11.5 Å². The molecule has 0 atom stereocenters. The van der Waals surface area contributed by atoms with Gasteiger partial charge >= 0.3 is 0 Å². The Balaban J connectivity index is 3.25. The van der Waals surface area contributed by atoms with Crippen molar-refractivity contribution in [1.29, 1.82) is 0 Å². The van der Waals surface area contributed by atoms with Crippen LogP contribution >= 0.6 is 15.9 Å². The second-order valence-electron chi connectivity index (χ2n) is 2.41. The van der Waals surface area contributed by atoms with Crippen molar-refractivity contribution >= 4 is 15.9 Å². The Morgan fingerprint density at radius 3 is 2.33 bits per heavy atom. The maximum Gasteiger partial charge on any atom is 0.164 e. The van der Waals surface area contributed by atoms with Crippen LogP contribution in [0.4, 0.5) is 0 Å². The molecule has 0 saturated heterocycles. The third-order valence-corrected chi connectivity index (χ3v) is 2.59. The Hall–Kier alpha value is -0.700. The highest BCUT2D eigenvalue weighted by molar-refractivity contribution is 9.10. The Morgan fingerprint density at radius 1 is 1.17 bits per heavy atom. The topological polar surface area (TPSA) is 18.5 Å². The Labute approximate surface area is 80.6 Å². The third-order valence-electron chi connectivity index (χ3n) is 1.73. The number of hydrogen-bond acceptors (Lipinski definition) is 2. The lowest BCUT2D eigenvalue weighted by Gasteiger charge is -2.10. The molecule has 0 aromatic heterocycles. The van der Waals surface area contributed by atoms with E-state index in [1.807, 2.05) is 19.1 Å². The van der Waals surface area contributed by atoms with Crippen molar-refractivity contribution in [2.24, 2.45) is 0 Å². The molecule has 0 N–H and O–H groups in total. The van der Waals surface area contributed by atoms with E-state index < -0.39 is 0 Å². The quantitative estimate of drug-likeness (QED) is 0.779. The first-order chi connectivity index (χ1) is 5.70. The minimum atomic E-state index is 0.762. The van der Waals surface area contributed by atoms with Crippen LogP contribution in [0, 0.1) is 6.92 Å². The standard InChI is InChI=1S/C9H11BrO2/c1-6-7(10)4-5-8(11-2)9(6)12-3/h4-5H,1-3H3. The Kier molecular flexibility index (Phi) is 2.98. The zero-order chi connectivity index (χ0) is 9.14.